The Morgan fingerprint density at radius 3 is 1.20 bits per heavy atom. The molecule has 4 N–H and O–H groups in total. The average molecular weight is 834 g/mol. The van der Waals surface area contributed by atoms with E-state index in [4.69, 9.17) is 0 Å². The van der Waals surface area contributed by atoms with Crippen molar-refractivity contribution in [3.63, 3.8) is 0 Å². The van der Waals surface area contributed by atoms with Crippen LogP contribution in [-0.2, 0) is 51.7 Å². The Balaban J connectivity index is 0. The summed E-state index contributed by atoms with van der Waals surface area (Å²) in [5, 5.41) is 39.1. The van der Waals surface area contributed by atoms with Gasteiger partial charge >= 0.3 is 0 Å². The van der Waals surface area contributed by atoms with E-state index in [-0.39, 0.29) is 77.1 Å². The zero-order valence-electron chi connectivity index (χ0n) is 21.9. The van der Waals surface area contributed by atoms with Gasteiger partial charge in [0, 0.05) is 67.1 Å². The van der Waals surface area contributed by atoms with Crippen LogP contribution in [0.4, 0.5) is 0 Å². The summed E-state index contributed by atoms with van der Waals surface area (Å²) in [6, 6.07) is 0. The predicted molar refractivity (Wildman–Crippen MR) is 131 cm³/mol. The second kappa shape index (κ2) is 18.0. The molecule has 0 aromatic rings. The molecular formula is C27H46O6W2. The van der Waals surface area contributed by atoms with Crippen molar-refractivity contribution in [2.45, 2.75) is 122 Å². The predicted octanol–water partition coefficient (Wildman–Crippen LogP) is 5.86. The van der Waals surface area contributed by atoms with Gasteiger partial charge in [-0.3, -0.25) is 9.59 Å². The standard InChI is InChI=1S/C12H18O3.C11H16O3.2C2H6.2W/c13-9-4-5-10(11(14)8-9)12(15)6-2-1-3-7-12;12-8-3-4-9(10(13)7-8)11(14)5-1-2-6-11;2*1-2;;/h8,10,13,15H,1-7H2;7,9,12,14H,1-6H2;2*1-2H3;;. The van der Waals surface area contributed by atoms with Gasteiger partial charge in [-0.05, 0) is 38.5 Å². The van der Waals surface area contributed by atoms with Crippen LogP contribution in [0.25, 0.3) is 0 Å². The number of aliphatic hydroxyl groups is 4. The number of allylic oxidation sites excluding steroid dienone is 4. The molecule has 0 aromatic carbocycles. The van der Waals surface area contributed by atoms with E-state index in [2.05, 4.69) is 0 Å². The Hall–Kier alpha value is -0.283. The van der Waals surface area contributed by atoms with Crippen molar-refractivity contribution < 1.29 is 72.1 Å². The third-order valence-electron chi connectivity index (χ3n) is 7.17. The monoisotopic (exact) mass is 834 g/mol. The van der Waals surface area contributed by atoms with E-state index in [1.807, 2.05) is 27.7 Å². The van der Waals surface area contributed by atoms with Crippen LogP contribution >= 0.6 is 0 Å². The summed E-state index contributed by atoms with van der Waals surface area (Å²) in [4.78, 5) is 23.3. The summed E-state index contributed by atoms with van der Waals surface area (Å²) in [6.45, 7) is 8.00. The number of hydrogen-bond acceptors (Lipinski definition) is 6. The second-order valence-corrected chi connectivity index (χ2v) is 9.23. The van der Waals surface area contributed by atoms with E-state index < -0.39 is 11.2 Å². The van der Waals surface area contributed by atoms with Crippen molar-refractivity contribution in [3.8, 4) is 0 Å². The molecule has 6 nitrogen and oxygen atoms in total. The Bertz CT molecular complexity index is 692. The fraction of sp³-hybridized carbons (Fsp3) is 0.778. The molecule has 35 heavy (non-hydrogen) atoms. The summed E-state index contributed by atoms with van der Waals surface area (Å²) in [7, 11) is 0. The molecule has 4 rings (SSSR count). The maximum absolute atomic E-state index is 11.7. The van der Waals surface area contributed by atoms with Gasteiger partial charge in [0.25, 0.3) is 0 Å². The SMILES string of the molecule is CC.CC.O=C1C=C(O)CCC1C1(O)CCCC1.O=C1C=C(O)CCC1C1(O)CCCCC1.[W].[W]. The molecule has 0 aliphatic heterocycles. The minimum absolute atomic E-state index is 0. The average Bonchev–Trinajstić information content (AvgIpc) is 3.24. The number of ketones is 2. The van der Waals surface area contributed by atoms with Gasteiger partial charge < -0.3 is 20.4 Å². The molecule has 0 aromatic heterocycles. The molecule has 0 radical (unpaired) electrons. The maximum atomic E-state index is 11.7. The van der Waals surface area contributed by atoms with Crippen LogP contribution in [-0.4, -0.2) is 43.2 Å². The van der Waals surface area contributed by atoms with Gasteiger partial charge in [0.2, 0.25) is 0 Å². The minimum atomic E-state index is -0.799. The van der Waals surface area contributed by atoms with E-state index in [9.17, 15) is 30.0 Å². The Kier molecular flexibility index (Phi) is 19.0. The molecule has 2 unspecified atom stereocenters. The normalized spacial score (nSPS) is 26.3. The molecule has 0 spiro atoms. The van der Waals surface area contributed by atoms with Gasteiger partial charge in [-0.2, -0.15) is 0 Å². The Labute approximate surface area is 240 Å². The number of hydrogen-bond donors (Lipinski definition) is 4. The smallest absolute Gasteiger partial charge is 0.164 e. The van der Waals surface area contributed by atoms with E-state index in [1.165, 1.54) is 12.2 Å². The van der Waals surface area contributed by atoms with E-state index in [1.54, 1.807) is 0 Å². The van der Waals surface area contributed by atoms with Gasteiger partial charge in [0.15, 0.2) is 11.6 Å². The van der Waals surface area contributed by atoms with Crippen LogP contribution in [0.2, 0.25) is 0 Å². The van der Waals surface area contributed by atoms with E-state index >= 15 is 0 Å². The summed E-state index contributed by atoms with van der Waals surface area (Å²) >= 11 is 0. The first-order chi connectivity index (χ1) is 15.7. The van der Waals surface area contributed by atoms with Crippen LogP contribution in [0.5, 0.6) is 0 Å². The van der Waals surface area contributed by atoms with Crippen LogP contribution in [0.1, 0.15) is 111 Å². The summed E-state index contributed by atoms with van der Waals surface area (Å²) < 4.78 is 0. The minimum Gasteiger partial charge on any atom is -0.512 e. The van der Waals surface area contributed by atoms with Crippen LogP contribution in [0, 0.1) is 11.8 Å². The molecule has 4 aliphatic rings. The molecule has 4 aliphatic carbocycles. The molecule has 202 valence electrons. The van der Waals surface area contributed by atoms with Crippen molar-refractivity contribution in [3.05, 3.63) is 23.7 Å². The first kappa shape index (κ1) is 36.9. The van der Waals surface area contributed by atoms with E-state index in [0.29, 0.717) is 25.7 Å². The fourth-order valence-electron chi connectivity index (χ4n) is 5.46. The quantitative estimate of drug-likeness (QED) is 0.277. The van der Waals surface area contributed by atoms with Crippen molar-refractivity contribution in [2.24, 2.45) is 11.8 Å². The molecular weight excluding hydrogens is 788 g/mol. The third kappa shape index (κ3) is 10.5. The van der Waals surface area contributed by atoms with Crippen molar-refractivity contribution in [2.75, 3.05) is 0 Å². The molecule has 8 heteroatoms. The maximum Gasteiger partial charge on any atom is 0.164 e. The topological polar surface area (TPSA) is 115 Å². The van der Waals surface area contributed by atoms with E-state index in [0.717, 1.165) is 57.8 Å². The molecule has 0 heterocycles. The van der Waals surface area contributed by atoms with Crippen LogP contribution < -0.4 is 0 Å². The number of carbonyl (C=O) groups is 2. The zero-order valence-corrected chi connectivity index (χ0v) is 27.8. The molecule has 2 fully saturated rings. The summed E-state index contributed by atoms with van der Waals surface area (Å²) in [5.41, 5.74) is -1.58. The number of carbonyl (C=O) groups excluding carboxylic acids is 2. The molecule has 0 amide bonds. The van der Waals surface area contributed by atoms with Gasteiger partial charge in [-0.1, -0.05) is 59.8 Å². The third-order valence-corrected chi connectivity index (χ3v) is 7.17. The first-order valence-electron chi connectivity index (χ1n) is 13.0. The molecule has 0 bridgehead atoms. The molecule has 2 atom stereocenters. The number of aliphatic hydroxyl groups excluding tert-OH is 2. The largest absolute Gasteiger partial charge is 0.512 e. The van der Waals surface area contributed by atoms with Gasteiger partial charge in [-0.25, -0.2) is 0 Å². The fourth-order valence-corrected chi connectivity index (χ4v) is 5.46. The van der Waals surface area contributed by atoms with Crippen LogP contribution in [0.3, 0.4) is 0 Å². The van der Waals surface area contributed by atoms with Crippen molar-refractivity contribution in [1.82, 2.24) is 0 Å². The zero-order chi connectivity index (χ0) is 25.1. The van der Waals surface area contributed by atoms with Gasteiger partial charge in [0.1, 0.15) is 0 Å². The molecule has 2 saturated carbocycles. The molecule has 0 saturated heterocycles. The van der Waals surface area contributed by atoms with Crippen LogP contribution in [0.15, 0.2) is 23.7 Å². The van der Waals surface area contributed by atoms with Crippen molar-refractivity contribution in [1.29, 1.82) is 0 Å². The van der Waals surface area contributed by atoms with Gasteiger partial charge in [-0.15, -0.1) is 0 Å². The Morgan fingerprint density at radius 1 is 0.629 bits per heavy atom. The van der Waals surface area contributed by atoms with Gasteiger partial charge in [0.05, 0.1) is 34.6 Å². The first-order valence-corrected chi connectivity index (χ1v) is 13.0. The number of rotatable bonds is 2. The van der Waals surface area contributed by atoms with Crippen molar-refractivity contribution >= 4 is 11.6 Å². The second-order valence-electron chi connectivity index (χ2n) is 9.23. The summed E-state index contributed by atoms with van der Waals surface area (Å²) in [5.74, 6) is -0.431. The summed E-state index contributed by atoms with van der Waals surface area (Å²) in [6.07, 6.45) is 13.0. The Morgan fingerprint density at radius 2 is 0.914 bits per heavy atom.